The Morgan fingerprint density at radius 3 is 2.62 bits per heavy atom. The highest BCUT2D eigenvalue weighted by Crippen LogP contribution is 2.43. The van der Waals surface area contributed by atoms with E-state index in [1.165, 1.54) is 6.92 Å². The molecule has 29 heavy (non-hydrogen) atoms. The lowest BCUT2D eigenvalue weighted by atomic mass is 9.94. The van der Waals surface area contributed by atoms with E-state index in [1.54, 1.807) is 19.2 Å². The molecule has 0 saturated carbocycles. The van der Waals surface area contributed by atoms with E-state index in [-0.39, 0.29) is 27.7 Å². The maximum Gasteiger partial charge on any atom is 0.260 e. The van der Waals surface area contributed by atoms with Gasteiger partial charge in [-0.15, -0.1) is 11.3 Å². The first-order valence-corrected chi connectivity index (χ1v) is 9.48. The molecule has 3 rings (SSSR count). The molecule has 0 saturated heterocycles. The normalized spacial score (nSPS) is 10.7. The number of thiophene rings is 1. The highest BCUT2D eigenvalue weighted by Gasteiger charge is 2.23. The third kappa shape index (κ3) is 3.58. The molecule has 0 radical (unpaired) electrons. The number of carbonyl (C=O) groups is 2. The van der Waals surface area contributed by atoms with E-state index in [1.807, 2.05) is 6.07 Å². The molecule has 0 unspecified atom stereocenters. The van der Waals surface area contributed by atoms with Crippen LogP contribution in [0, 0.1) is 11.3 Å². The first-order chi connectivity index (χ1) is 13.8. The van der Waals surface area contributed by atoms with Crippen molar-refractivity contribution in [2.75, 3.05) is 18.6 Å². The zero-order valence-electron chi connectivity index (χ0n) is 15.9. The second-order valence-corrected chi connectivity index (χ2v) is 7.48. The van der Waals surface area contributed by atoms with E-state index in [9.17, 15) is 14.9 Å². The number of nitriles is 1. The van der Waals surface area contributed by atoms with E-state index in [2.05, 4.69) is 11.1 Å². The van der Waals surface area contributed by atoms with Crippen molar-refractivity contribution in [1.29, 1.82) is 5.26 Å². The van der Waals surface area contributed by atoms with Gasteiger partial charge in [0.2, 0.25) is 0 Å². The number of fused-ring (bicyclic) bond motifs is 1. The lowest BCUT2D eigenvalue weighted by Crippen LogP contribution is -2.10. The molecule has 0 aliphatic heterocycles. The van der Waals surface area contributed by atoms with Gasteiger partial charge in [0.05, 0.1) is 12.8 Å². The molecule has 0 fully saturated rings. The molecule has 2 aromatic heterocycles. The fourth-order valence-electron chi connectivity index (χ4n) is 3.20. The third-order valence-corrected chi connectivity index (χ3v) is 5.67. The first kappa shape index (κ1) is 20.1. The minimum Gasteiger partial charge on any atom is -0.496 e. The van der Waals surface area contributed by atoms with Crippen molar-refractivity contribution < 1.29 is 14.3 Å². The number of amides is 1. The molecule has 8 nitrogen and oxygen atoms in total. The Morgan fingerprint density at radius 1 is 1.31 bits per heavy atom. The van der Waals surface area contributed by atoms with Gasteiger partial charge in [-0.3, -0.25) is 4.79 Å². The number of carbonyl (C=O) groups excluding carboxylic acids is 2. The second-order valence-electron chi connectivity index (χ2n) is 6.48. The number of aryl methyl sites for hydroxylation is 1. The smallest absolute Gasteiger partial charge is 0.260 e. The summed E-state index contributed by atoms with van der Waals surface area (Å²) in [6, 6.07) is 7.44. The van der Waals surface area contributed by atoms with Gasteiger partial charge in [-0.2, -0.15) is 5.26 Å². The van der Waals surface area contributed by atoms with Crippen LogP contribution in [-0.4, -0.2) is 23.8 Å². The van der Waals surface area contributed by atoms with Crippen molar-refractivity contribution in [2.45, 2.75) is 19.8 Å². The van der Waals surface area contributed by atoms with Crippen molar-refractivity contribution in [1.82, 2.24) is 4.98 Å². The van der Waals surface area contributed by atoms with Crippen LogP contribution < -0.4 is 21.9 Å². The molecule has 0 aliphatic rings. The Kier molecular flexibility index (Phi) is 5.39. The van der Waals surface area contributed by atoms with Crippen LogP contribution in [0.3, 0.4) is 0 Å². The zero-order valence-corrected chi connectivity index (χ0v) is 16.7. The molecule has 0 bridgehead atoms. The molecular formula is C20H19N5O3S. The number of pyridine rings is 1. The number of anilines is 2. The first-order valence-electron chi connectivity index (χ1n) is 8.66. The Balaban J connectivity index is 2.34. The lowest BCUT2D eigenvalue weighted by Gasteiger charge is -2.13. The predicted molar refractivity (Wildman–Crippen MR) is 113 cm³/mol. The topological polar surface area (TPSA) is 158 Å². The van der Waals surface area contributed by atoms with Gasteiger partial charge < -0.3 is 26.7 Å². The minimum absolute atomic E-state index is 0.0355. The van der Waals surface area contributed by atoms with Crippen LogP contribution in [-0.2, 0) is 11.2 Å². The van der Waals surface area contributed by atoms with Crippen LogP contribution >= 0.6 is 11.3 Å². The molecule has 1 aromatic carbocycles. The van der Waals surface area contributed by atoms with Crippen LogP contribution in [0.2, 0.25) is 0 Å². The summed E-state index contributed by atoms with van der Waals surface area (Å²) < 4.78 is 5.40. The summed E-state index contributed by atoms with van der Waals surface area (Å²) in [5, 5.41) is 10.2. The molecule has 0 spiro atoms. The van der Waals surface area contributed by atoms with Crippen LogP contribution in [0.5, 0.6) is 5.75 Å². The van der Waals surface area contributed by atoms with E-state index < -0.39 is 5.91 Å². The number of aromatic nitrogens is 1. The summed E-state index contributed by atoms with van der Waals surface area (Å²) in [7, 11) is 1.55. The van der Waals surface area contributed by atoms with Gasteiger partial charge in [-0.25, -0.2) is 4.98 Å². The van der Waals surface area contributed by atoms with Gasteiger partial charge in [0.15, 0.2) is 0 Å². The van der Waals surface area contributed by atoms with Crippen LogP contribution in [0.25, 0.3) is 21.3 Å². The highest BCUT2D eigenvalue weighted by molar-refractivity contribution is 7.21. The van der Waals surface area contributed by atoms with Crippen molar-refractivity contribution >= 4 is 44.7 Å². The number of hydrogen-bond acceptors (Lipinski definition) is 8. The fourth-order valence-corrected chi connectivity index (χ4v) is 4.16. The van der Waals surface area contributed by atoms with Crippen molar-refractivity contribution in [2.24, 2.45) is 5.73 Å². The van der Waals surface area contributed by atoms with Crippen LogP contribution in [0.4, 0.5) is 11.5 Å². The number of primary amides is 1. The SMILES string of the molecule is COc1ccc(-c2c(C#N)c(N)nc3sc(C(N)=O)c(N)c23)cc1CCC(C)=O. The number of hydrogen-bond donors (Lipinski definition) is 3. The predicted octanol–water partition coefficient (Wildman–Crippen LogP) is 2.63. The Hall–Kier alpha value is -3.64. The number of rotatable bonds is 6. The van der Waals surface area contributed by atoms with E-state index in [0.717, 1.165) is 16.9 Å². The molecule has 9 heteroatoms. The summed E-state index contributed by atoms with van der Waals surface area (Å²) in [5.41, 5.74) is 19.9. The third-order valence-electron chi connectivity index (χ3n) is 4.56. The summed E-state index contributed by atoms with van der Waals surface area (Å²) >= 11 is 1.03. The molecular weight excluding hydrogens is 390 g/mol. The summed E-state index contributed by atoms with van der Waals surface area (Å²) in [4.78, 5) is 28.0. The average Bonchev–Trinajstić information content (AvgIpc) is 3.01. The molecule has 0 aliphatic carbocycles. The van der Waals surface area contributed by atoms with Gasteiger partial charge in [-0.05, 0) is 36.6 Å². The van der Waals surface area contributed by atoms with Crippen molar-refractivity contribution in [3.63, 3.8) is 0 Å². The number of Topliss-reactive ketones (excluding diaryl/α,β-unsaturated/α-hetero) is 1. The molecule has 1 amide bonds. The number of benzene rings is 1. The van der Waals surface area contributed by atoms with Gasteiger partial charge in [0.25, 0.3) is 5.91 Å². The number of ketones is 1. The van der Waals surface area contributed by atoms with Crippen molar-refractivity contribution in [3.05, 3.63) is 34.2 Å². The molecule has 3 aromatic rings. The van der Waals surface area contributed by atoms with Crippen LogP contribution in [0.15, 0.2) is 18.2 Å². The number of methoxy groups -OCH3 is 1. The fraction of sp³-hybridized carbons (Fsp3) is 0.200. The summed E-state index contributed by atoms with van der Waals surface area (Å²) in [5.74, 6) is 0.0422. The molecule has 148 valence electrons. The molecule has 2 heterocycles. The standard InChI is InChI=1S/C20H19N5O3S/c1-9(26)3-4-10-7-11(5-6-13(10)28-2)14-12(8-21)18(23)25-20-15(14)16(22)17(29-20)19(24)27/h5-7H,3-4,22H2,1-2H3,(H2,23,25)(H2,24,27). The summed E-state index contributed by atoms with van der Waals surface area (Å²) in [6.07, 6.45) is 0.828. The molecule has 0 atom stereocenters. The average molecular weight is 409 g/mol. The highest BCUT2D eigenvalue weighted by atomic mass is 32.1. The number of nitrogen functional groups attached to an aromatic ring is 2. The zero-order chi connectivity index (χ0) is 21.3. The number of nitrogens with zero attached hydrogens (tertiary/aromatic N) is 2. The van der Waals surface area contributed by atoms with Gasteiger partial charge in [0, 0.05) is 17.4 Å². The quantitative estimate of drug-likeness (QED) is 0.564. The maximum atomic E-state index is 11.7. The van der Waals surface area contributed by atoms with Crippen molar-refractivity contribution in [3.8, 4) is 22.9 Å². The van der Waals surface area contributed by atoms with E-state index in [4.69, 9.17) is 21.9 Å². The largest absolute Gasteiger partial charge is 0.496 e. The maximum absolute atomic E-state index is 11.7. The monoisotopic (exact) mass is 409 g/mol. The molecule has 6 N–H and O–H groups in total. The van der Waals surface area contributed by atoms with Gasteiger partial charge in [-0.1, -0.05) is 6.07 Å². The number of ether oxygens (including phenoxy) is 1. The van der Waals surface area contributed by atoms with Gasteiger partial charge >= 0.3 is 0 Å². The van der Waals surface area contributed by atoms with E-state index in [0.29, 0.717) is 39.9 Å². The number of nitrogens with two attached hydrogens (primary N) is 3. The Bertz CT molecular complexity index is 1190. The van der Waals surface area contributed by atoms with Crippen LogP contribution in [0.1, 0.15) is 34.1 Å². The van der Waals surface area contributed by atoms with E-state index >= 15 is 0 Å². The van der Waals surface area contributed by atoms with Gasteiger partial charge in [0.1, 0.15) is 38.7 Å². The lowest BCUT2D eigenvalue weighted by molar-refractivity contribution is -0.116. The second kappa shape index (κ2) is 7.77. The Labute approximate surface area is 170 Å². The summed E-state index contributed by atoms with van der Waals surface area (Å²) in [6.45, 7) is 1.52. The minimum atomic E-state index is -0.676. The Morgan fingerprint density at radius 2 is 2.03 bits per heavy atom.